The molecule has 1 fully saturated rings. The molecule has 20 heavy (non-hydrogen) atoms. The lowest BCUT2D eigenvalue weighted by Gasteiger charge is -2.33. The fourth-order valence-electron chi connectivity index (χ4n) is 2.96. The van der Waals surface area contributed by atoms with Gasteiger partial charge in [0.25, 0.3) is 0 Å². The van der Waals surface area contributed by atoms with E-state index in [1.165, 1.54) is 32.1 Å². The molecule has 0 bridgehead atoms. The summed E-state index contributed by atoms with van der Waals surface area (Å²) >= 11 is 0. The van der Waals surface area contributed by atoms with Gasteiger partial charge in [0.05, 0.1) is 12.6 Å². The maximum atomic E-state index is 5.75. The summed E-state index contributed by atoms with van der Waals surface area (Å²) in [6, 6.07) is 0.887. The summed E-state index contributed by atoms with van der Waals surface area (Å²) in [5, 5.41) is 0. The van der Waals surface area contributed by atoms with Gasteiger partial charge < -0.3 is 9.64 Å². The molecule has 0 heterocycles. The first-order valence-electron chi connectivity index (χ1n) is 8.06. The number of methoxy groups -OCH3 is 1. The monoisotopic (exact) mass is 284 g/mol. The van der Waals surface area contributed by atoms with Gasteiger partial charge in [-0.1, -0.05) is 33.1 Å². The van der Waals surface area contributed by atoms with Crippen LogP contribution in [0.15, 0.2) is 4.99 Å². The highest BCUT2D eigenvalue weighted by molar-refractivity contribution is 5.80. The minimum atomic E-state index is 0.425. The third-order valence-electron chi connectivity index (χ3n) is 4.20. The zero-order chi connectivity index (χ0) is 14.8. The van der Waals surface area contributed by atoms with Crippen LogP contribution in [-0.4, -0.2) is 43.2 Å². The topological polar surface area (TPSA) is 62.9 Å². The summed E-state index contributed by atoms with van der Waals surface area (Å²) in [6.07, 6.45) is 8.47. The number of ether oxygens (including phenoxy) is 1. The van der Waals surface area contributed by atoms with E-state index in [0.29, 0.717) is 18.7 Å². The van der Waals surface area contributed by atoms with Gasteiger partial charge in [-0.3, -0.25) is 5.43 Å². The lowest BCUT2D eigenvalue weighted by Crippen LogP contribution is -2.51. The highest BCUT2D eigenvalue weighted by Crippen LogP contribution is 2.21. The molecule has 0 amide bonds. The lowest BCUT2D eigenvalue weighted by atomic mass is 9.96. The van der Waals surface area contributed by atoms with Crippen LogP contribution >= 0.6 is 0 Å². The molecule has 1 aliphatic carbocycles. The van der Waals surface area contributed by atoms with Crippen LogP contribution in [0.4, 0.5) is 0 Å². The fourth-order valence-corrected chi connectivity index (χ4v) is 2.96. The maximum absolute atomic E-state index is 5.75. The maximum Gasteiger partial charge on any atom is 0.209 e. The zero-order valence-electron chi connectivity index (χ0n) is 13.4. The molecule has 0 unspecified atom stereocenters. The van der Waals surface area contributed by atoms with Gasteiger partial charge in [-0.05, 0) is 25.7 Å². The Morgan fingerprint density at radius 2 is 1.95 bits per heavy atom. The van der Waals surface area contributed by atoms with Crippen LogP contribution in [0.2, 0.25) is 0 Å². The van der Waals surface area contributed by atoms with Gasteiger partial charge >= 0.3 is 0 Å². The van der Waals surface area contributed by atoms with Crippen LogP contribution in [0.5, 0.6) is 0 Å². The predicted octanol–water partition coefficient (Wildman–Crippen LogP) is 2.28. The molecule has 3 N–H and O–H groups in total. The number of hydrogen-bond donors (Lipinski definition) is 2. The lowest BCUT2D eigenvalue weighted by molar-refractivity contribution is 0.156. The average molecular weight is 284 g/mol. The van der Waals surface area contributed by atoms with Gasteiger partial charge in [0, 0.05) is 19.7 Å². The van der Waals surface area contributed by atoms with E-state index >= 15 is 0 Å². The van der Waals surface area contributed by atoms with Gasteiger partial charge in [0.1, 0.15) is 0 Å². The molecule has 0 atom stereocenters. The molecule has 0 aromatic heterocycles. The van der Waals surface area contributed by atoms with Crippen molar-refractivity contribution in [3.8, 4) is 0 Å². The number of hydrogen-bond acceptors (Lipinski definition) is 3. The van der Waals surface area contributed by atoms with Crippen LogP contribution < -0.4 is 11.3 Å². The Balaban J connectivity index is 2.78. The van der Waals surface area contributed by atoms with E-state index < -0.39 is 0 Å². The van der Waals surface area contributed by atoms with Crippen LogP contribution in [0, 0.1) is 0 Å². The number of guanidine groups is 1. The first-order valence-corrected chi connectivity index (χ1v) is 8.06. The Bertz CT molecular complexity index is 273. The van der Waals surface area contributed by atoms with Crippen molar-refractivity contribution in [1.29, 1.82) is 0 Å². The van der Waals surface area contributed by atoms with Crippen molar-refractivity contribution in [1.82, 2.24) is 10.3 Å². The van der Waals surface area contributed by atoms with Crippen LogP contribution in [-0.2, 0) is 4.74 Å². The third kappa shape index (κ3) is 5.29. The fraction of sp³-hybridized carbons (Fsp3) is 0.933. The van der Waals surface area contributed by atoms with Crippen molar-refractivity contribution in [2.24, 2.45) is 10.8 Å². The van der Waals surface area contributed by atoms with E-state index in [1.807, 2.05) is 0 Å². The van der Waals surface area contributed by atoms with E-state index in [2.05, 4.69) is 24.2 Å². The smallest absolute Gasteiger partial charge is 0.209 e. The quantitative estimate of drug-likeness (QED) is 0.326. The van der Waals surface area contributed by atoms with E-state index in [-0.39, 0.29) is 0 Å². The number of aliphatic imine (C=N–C) groups is 1. The Hall–Kier alpha value is -0.810. The van der Waals surface area contributed by atoms with Gasteiger partial charge in [0.15, 0.2) is 0 Å². The normalized spacial score (nSPS) is 17.6. The van der Waals surface area contributed by atoms with Crippen LogP contribution in [0.1, 0.15) is 58.8 Å². The summed E-state index contributed by atoms with van der Waals surface area (Å²) < 4.78 is 5.23. The van der Waals surface area contributed by atoms with Crippen molar-refractivity contribution >= 4 is 5.96 Å². The summed E-state index contributed by atoms with van der Waals surface area (Å²) in [5.74, 6) is 6.58. The molecule has 1 saturated carbocycles. The first kappa shape index (κ1) is 17.2. The first-order chi connectivity index (χ1) is 9.76. The van der Waals surface area contributed by atoms with E-state index in [1.54, 1.807) is 7.11 Å². The highest BCUT2D eigenvalue weighted by atomic mass is 16.5. The van der Waals surface area contributed by atoms with Gasteiger partial charge in [-0.15, -0.1) is 0 Å². The number of nitrogens with two attached hydrogens (primary N) is 1. The molecule has 0 aliphatic heterocycles. The van der Waals surface area contributed by atoms with Crippen LogP contribution in [0.3, 0.4) is 0 Å². The number of nitrogens with one attached hydrogen (secondary N) is 1. The van der Waals surface area contributed by atoms with Crippen molar-refractivity contribution < 1.29 is 4.74 Å². The van der Waals surface area contributed by atoms with Crippen molar-refractivity contribution in [3.05, 3.63) is 0 Å². The minimum Gasteiger partial charge on any atom is -0.383 e. The second-order valence-corrected chi connectivity index (χ2v) is 5.55. The molecule has 0 aromatic rings. The number of nitrogens with zero attached hydrogens (tertiary/aromatic N) is 2. The van der Waals surface area contributed by atoms with Crippen molar-refractivity contribution in [2.45, 2.75) is 70.9 Å². The summed E-state index contributed by atoms with van der Waals surface area (Å²) in [6.45, 7) is 5.95. The molecular weight excluding hydrogens is 252 g/mol. The molecule has 5 nitrogen and oxygen atoms in total. The van der Waals surface area contributed by atoms with Gasteiger partial charge in [-0.25, -0.2) is 10.8 Å². The Morgan fingerprint density at radius 3 is 2.45 bits per heavy atom. The Morgan fingerprint density at radius 1 is 1.30 bits per heavy atom. The molecule has 0 saturated heterocycles. The molecule has 0 radical (unpaired) electrons. The molecule has 1 aliphatic rings. The van der Waals surface area contributed by atoms with Crippen molar-refractivity contribution in [3.63, 3.8) is 0 Å². The predicted molar refractivity (Wildman–Crippen MR) is 84.6 cm³/mol. The van der Waals surface area contributed by atoms with Gasteiger partial charge in [-0.2, -0.15) is 0 Å². The summed E-state index contributed by atoms with van der Waals surface area (Å²) in [7, 11) is 1.74. The molecule has 0 aromatic carbocycles. The summed E-state index contributed by atoms with van der Waals surface area (Å²) in [5.41, 5.74) is 2.83. The Labute approximate surface area is 123 Å². The number of rotatable bonds is 7. The zero-order valence-corrected chi connectivity index (χ0v) is 13.4. The average Bonchev–Trinajstić information content (AvgIpc) is 2.50. The molecule has 118 valence electrons. The largest absolute Gasteiger partial charge is 0.383 e. The standard InChI is InChI=1S/C15H32N4O/c1-4-14(5-2)19(11-12-20-3)15(18-16)17-13-9-7-6-8-10-13/h13-14H,4-12,16H2,1-3H3,(H,17,18). The Kier molecular flexibility index (Phi) is 8.62. The molecule has 1 rings (SSSR count). The second-order valence-electron chi connectivity index (χ2n) is 5.55. The summed E-state index contributed by atoms with van der Waals surface area (Å²) in [4.78, 5) is 7.15. The SMILES string of the molecule is CCC(CC)N(CCOC)C(=NC1CCCCC1)NN. The second kappa shape index (κ2) is 10.00. The highest BCUT2D eigenvalue weighted by Gasteiger charge is 2.21. The molecule has 0 spiro atoms. The van der Waals surface area contributed by atoms with Crippen molar-refractivity contribution in [2.75, 3.05) is 20.3 Å². The molecule has 5 heteroatoms. The van der Waals surface area contributed by atoms with Gasteiger partial charge in [0.2, 0.25) is 5.96 Å². The van der Waals surface area contributed by atoms with E-state index in [4.69, 9.17) is 15.6 Å². The van der Waals surface area contributed by atoms with E-state index in [0.717, 1.165) is 25.3 Å². The number of hydrazine groups is 1. The van der Waals surface area contributed by atoms with Crippen LogP contribution in [0.25, 0.3) is 0 Å². The molecular formula is C15H32N4O. The minimum absolute atomic E-state index is 0.425. The third-order valence-corrected chi connectivity index (χ3v) is 4.20. The van der Waals surface area contributed by atoms with E-state index in [9.17, 15) is 0 Å².